The van der Waals surface area contributed by atoms with Gasteiger partial charge in [0.1, 0.15) is 5.82 Å². The van der Waals surface area contributed by atoms with E-state index in [9.17, 15) is 9.18 Å². The van der Waals surface area contributed by atoms with Gasteiger partial charge in [-0.05, 0) is 71.5 Å². The van der Waals surface area contributed by atoms with E-state index in [0.717, 1.165) is 20.9 Å². The average molecular weight is 371 g/mol. The summed E-state index contributed by atoms with van der Waals surface area (Å²) in [7, 11) is 0. The Morgan fingerprint density at radius 2 is 1.89 bits per heavy atom. The molecule has 0 radical (unpaired) electrons. The summed E-state index contributed by atoms with van der Waals surface area (Å²) in [6.45, 7) is 1.93. The van der Waals surface area contributed by atoms with Gasteiger partial charge in [-0.25, -0.2) is 9.18 Å². The topological polar surface area (TPSA) is 49.3 Å². The van der Waals surface area contributed by atoms with Crippen molar-refractivity contribution >= 4 is 39.9 Å². The highest BCUT2D eigenvalue weighted by atomic mass is 127. The first-order valence-electron chi connectivity index (χ1n) is 5.53. The molecule has 2 aromatic carbocycles. The molecule has 98 valence electrons. The van der Waals surface area contributed by atoms with E-state index >= 15 is 0 Å². The van der Waals surface area contributed by atoms with Gasteiger partial charge in [-0.3, -0.25) is 0 Å². The van der Waals surface area contributed by atoms with Crippen molar-refractivity contribution in [1.82, 2.24) is 0 Å². The van der Waals surface area contributed by atoms with Gasteiger partial charge in [-0.2, -0.15) is 0 Å². The largest absolute Gasteiger partial charge is 0.478 e. The summed E-state index contributed by atoms with van der Waals surface area (Å²) < 4.78 is 14.2. The number of carbonyl (C=O) groups is 1. The highest BCUT2D eigenvalue weighted by molar-refractivity contribution is 14.1. The molecule has 5 heteroatoms. The van der Waals surface area contributed by atoms with Crippen LogP contribution in [0.25, 0.3) is 0 Å². The van der Waals surface area contributed by atoms with Crippen LogP contribution in [-0.4, -0.2) is 11.1 Å². The summed E-state index contributed by atoms with van der Waals surface area (Å²) in [5.41, 5.74) is 2.08. The van der Waals surface area contributed by atoms with Crippen LogP contribution in [0, 0.1) is 16.3 Å². The molecule has 0 saturated heterocycles. The molecule has 2 aromatic rings. The number of anilines is 2. The van der Waals surface area contributed by atoms with Crippen LogP contribution in [0.15, 0.2) is 36.4 Å². The Bertz CT molecular complexity index is 643. The van der Waals surface area contributed by atoms with Gasteiger partial charge in [-0.1, -0.05) is 0 Å². The lowest BCUT2D eigenvalue weighted by Gasteiger charge is -2.12. The van der Waals surface area contributed by atoms with Gasteiger partial charge in [0.05, 0.1) is 11.3 Å². The Kier molecular flexibility index (Phi) is 4.04. The van der Waals surface area contributed by atoms with Crippen molar-refractivity contribution in [3.8, 4) is 0 Å². The van der Waals surface area contributed by atoms with Crippen LogP contribution in [0.5, 0.6) is 0 Å². The molecule has 0 bridgehead atoms. The SMILES string of the molecule is Cc1cc(I)ccc1Nc1ccc(F)cc1C(=O)O. The first-order chi connectivity index (χ1) is 8.97. The zero-order valence-electron chi connectivity index (χ0n) is 10.1. The molecule has 0 aliphatic heterocycles. The third-order valence-electron chi connectivity index (χ3n) is 2.67. The Morgan fingerprint density at radius 3 is 2.53 bits per heavy atom. The predicted octanol–water partition coefficient (Wildman–Crippen LogP) is 4.18. The molecule has 3 nitrogen and oxygen atoms in total. The number of nitrogens with one attached hydrogen (secondary N) is 1. The van der Waals surface area contributed by atoms with Gasteiger partial charge >= 0.3 is 5.97 Å². The monoisotopic (exact) mass is 371 g/mol. The second-order valence-corrected chi connectivity index (χ2v) is 5.32. The van der Waals surface area contributed by atoms with Crippen LogP contribution in [0.3, 0.4) is 0 Å². The molecule has 0 spiro atoms. The van der Waals surface area contributed by atoms with Gasteiger partial charge < -0.3 is 10.4 Å². The fourth-order valence-electron chi connectivity index (χ4n) is 1.71. The second-order valence-electron chi connectivity index (χ2n) is 4.08. The third-order valence-corrected chi connectivity index (χ3v) is 3.34. The number of benzene rings is 2. The molecular weight excluding hydrogens is 360 g/mol. The van der Waals surface area contributed by atoms with Crippen molar-refractivity contribution in [2.45, 2.75) is 6.92 Å². The smallest absolute Gasteiger partial charge is 0.337 e. The van der Waals surface area contributed by atoms with E-state index in [0.29, 0.717) is 5.69 Å². The molecule has 0 aromatic heterocycles. The zero-order valence-corrected chi connectivity index (χ0v) is 12.2. The van der Waals surface area contributed by atoms with Crippen molar-refractivity contribution in [3.63, 3.8) is 0 Å². The lowest BCUT2D eigenvalue weighted by molar-refractivity contribution is 0.0697. The summed E-state index contributed by atoms with van der Waals surface area (Å²) >= 11 is 2.20. The zero-order chi connectivity index (χ0) is 14.0. The number of aromatic carboxylic acids is 1. The minimum atomic E-state index is -1.16. The number of aryl methyl sites for hydroxylation is 1. The predicted molar refractivity (Wildman–Crippen MR) is 80.5 cm³/mol. The second kappa shape index (κ2) is 5.56. The van der Waals surface area contributed by atoms with Gasteiger partial charge in [-0.15, -0.1) is 0 Å². The van der Waals surface area contributed by atoms with Gasteiger partial charge in [0, 0.05) is 9.26 Å². The number of hydrogen-bond donors (Lipinski definition) is 2. The molecule has 0 unspecified atom stereocenters. The number of rotatable bonds is 3. The minimum Gasteiger partial charge on any atom is -0.478 e. The molecule has 2 N–H and O–H groups in total. The number of carboxylic acids is 1. The molecule has 0 amide bonds. The Morgan fingerprint density at radius 1 is 1.21 bits per heavy atom. The fraction of sp³-hybridized carbons (Fsp3) is 0.0714. The molecule has 0 atom stereocenters. The number of carboxylic acid groups (broad SMARTS) is 1. The van der Waals surface area contributed by atoms with E-state index in [-0.39, 0.29) is 5.56 Å². The molecule has 19 heavy (non-hydrogen) atoms. The van der Waals surface area contributed by atoms with E-state index in [1.807, 2.05) is 25.1 Å². The number of halogens is 2. The Balaban J connectivity index is 2.40. The van der Waals surface area contributed by atoms with Crippen molar-refractivity contribution < 1.29 is 14.3 Å². The van der Waals surface area contributed by atoms with Crippen molar-refractivity contribution in [2.75, 3.05) is 5.32 Å². The van der Waals surface area contributed by atoms with E-state index in [2.05, 4.69) is 27.9 Å². The lowest BCUT2D eigenvalue weighted by Crippen LogP contribution is -2.04. The normalized spacial score (nSPS) is 10.3. The quantitative estimate of drug-likeness (QED) is 0.796. The van der Waals surface area contributed by atoms with Gasteiger partial charge in [0.25, 0.3) is 0 Å². The van der Waals surface area contributed by atoms with Crippen molar-refractivity contribution in [1.29, 1.82) is 0 Å². The van der Waals surface area contributed by atoms with Crippen LogP contribution in [0.2, 0.25) is 0 Å². The van der Waals surface area contributed by atoms with Crippen LogP contribution in [0.4, 0.5) is 15.8 Å². The van der Waals surface area contributed by atoms with Gasteiger partial charge in [0.2, 0.25) is 0 Å². The molecule has 0 heterocycles. The van der Waals surface area contributed by atoms with E-state index in [1.54, 1.807) is 0 Å². The molecule has 0 aliphatic carbocycles. The third kappa shape index (κ3) is 3.23. The molecule has 0 fully saturated rings. The number of hydrogen-bond acceptors (Lipinski definition) is 2. The summed E-state index contributed by atoms with van der Waals surface area (Å²) in [5.74, 6) is -1.73. The highest BCUT2D eigenvalue weighted by Gasteiger charge is 2.12. The van der Waals surface area contributed by atoms with E-state index in [1.165, 1.54) is 12.1 Å². The standard InChI is InChI=1S/C14H11FINO2/c1-8-6-10(16)3-5-12(8)17-13-4-2-9(15)7-11(13)14(18)19/h2-7,17H,1H3,(H,18,19). The molecule has 0 saturated carbocycles. The van der Waals surface area contributed by atoms with E-state index in [4.69, 9.17) is 5.11 Å². The van der Waals surface area contributed by atoms with Crippen LogP contribution in [-0.2, 0) is 0 Å². The maximum absolute atomic E-state index is 13.1. The molecule has 0 aliphatic rings. The van der Waals surface area contributed by atoms with Crippen molar-refractivity contribution in [2.24, 2.45) is 0 Å². The van der Waals surface area contributed by atoms with Crippen LogP contribution in [0.1, 0.15) is 15.9 Å². The maximum atomic E-state index is 13.1. The van der Waals surface area contributed by atoms with Crippen LogP contribution < -0.4 is 5.32 Å². The summed E-state index contributed by atoms with van der Waals surface area (Å²) in [5, 5.41) is 12.1. The van der Waals surface area contributed by atoms with E-state index < -0.39 is 11.8 Å². The van der Waals surface area contributed by atoms with Crippen molar-refractivity contribution in [3.05, 3.63) is 56.9 Å². The molecule has 2 rings (SSSR count). The average Bonchev–Trinajstić information content (AvgIpc) is 2.34. The summed E-state index contributed by atoms with van der Waals surface area (Å²) in [4.78, 5) is 11.1. The maximum Gasteiger partial charge on any atom is 0.337 e. The lowest BCUT2D eigenvalue weighted by atomic mass is 10.1. The molecular formula is C14H11FINO2. The fourth-order valence-corrected chi connectivity index (χ4v) is 2.36. The minimum absolute atomic E-state index is 0.0852. The summed E-state index contributed by atoms with van der Waals surface area (Å²) in [6.07, 6.45) is 0. The first-order valence-corrected chi connectivity index (χ1v) is 6.61. The highest BCUT2D eigenvalue weighted by Crippen LogP contribution is 2.25. The Labute approximate surface area is 123 Å². The first kappa shape index (κ1) is 13.8. The van der Waals surface area contributed by atoms with Gasteiger partial charge in [0.15, 0.2) is 0 Å². The summed E-state index contributed by atoms with van der Waals surface area (Å²) in [6, 6.07) is 9.43. The Hall–Kier alpha value is -1.63. The van der Waals surface area contributed by atoms with Crippen LogP contribution >= 0.6 is 22.6 Å².